The highest BCUT2D eigenvalue weighted by molar-refractivity contribution is 5.77. The van der Waals surface area contributed by atoms with E-state index in [0.29, 0.717) is 12.3 Å². The number of nitrogens with zero attached hydrogens (tertiary/aromatic N) is 2. The van der Waals surface area contributed by atoms with Gasteiger partial charge in [-0.05, 0) is 43.2 Å². The standard InChI is InChI=1S/C19H23N3O/c1-13-11-22-12-16(8-9-18(22)20-13)21-19(23)10-15-7-6-14-4-2-3-5-17(14)15/h2-5,11,15-16H,6-10,12H2,1H3,(H,21,23)/t15-,16-/m0/s1. The summed E-state index contributed by atoms with van der Waals surface area (Å²) in [5.41, 5.74) is 3.86. The highest BCUT2D eigenvalue weighted by atomic mass is 16.1. The van der Waals surface area contributed by atoms with Crippen molar-refractivity contribution in [2.45, 2.75) is 57.5 Å². The first-order chi connectivity index (χ1) is 11.2. The van der Waals surface area contributed by atoms with Crippen molar-refractivity contribution in [3.63, 3.8) is 0 Å². The van der Waals surface area contributed by atoms with E-state index in [0.717, 1.165) is 43.7 Å². The van der Waals surface area contributed by atoms with E-state index in [1.807, 2.05) is 6.92 Å². The van der Waals surface area contributed by atoms with Crippen LogP contribution in [0.25, 0.3) is 0 Å². The van der Waals surface area contributed by atoms with Crippen LogP contribution in [0.4, 0.5) is 0 Å². The third-order valence-electron chi connectivity index (χ3n) is 5.17. The van der Waals surface area contributed by atoms with Crippen LogP contribution < -0.4 is 5.32 Å². The van der Waals surface area contributed by atoms with E-state index in [9.17, 15) is 4.79 Å². The number of hydrogen-bond donors (Lipinski definition) is 1. The third kappa shape index (κ3) is 2.90. The fourth-order valence-corrected chi connectivity index (χ4v) is 4.07. The second-order valence-corrected chi connectivity index (χ2v) is 6.89. The molecule has 23 heavy (non-hydrogen) atoms. The summed E-state index contributed by atoms with van der Waals surface area (Å²) in [6, 6.07) is 8.78. The average molecular weight is 309 g/mol. The van der Waals surface area contributed by atoms with Gasteiger partial charge >= 0.3 is 0 Å². The highest BCUT2D eigenvalue weighted by Crippen LogP contribution is 2.35. The number of aryl methyl sites for hydroxylation is 3. The summed E-state index contributed by atoms with van der Waals surface area (Å²) >= 11 is 0. The molecular weight excluding hydrogens is 286 g/mol. The van der Waals surface area contributed by atoms with Crippen LogP contribution >= 0.6 is 0 Å². The number of carbonyl (C=O) groups is 1. The fraction of sp³-hybridized carbons (Fsp3) is 0.474. The highest BCUT2D eigenvalue weighted by Gasteiger charge is 2.26. The van der Waals surface area contributed by atoms with Crippen molar-refractivity contribution in [2.75, 3.05) is 0 Å². The summed E-state index contributed by atoms with van der Waals surface area (Å²) in [5, 5.41) is 3.24. The Labute approximate surface area is 136 Å². The van der Waals surface area contributed by atoms with Gasteiger partial charge in [-0.2, -0.15) is 0 Å². The van der Waals surface area contributed by atoms with Crippen molar-refractivity contribution in [3.05, 3.63) is 53.1 Å². The zero-order valence-electron chi connectivity index (χ0n) is 13.6. The Bertz CT molecular complexity index is 734. The van der Waals surface area contributed by atoms with Crippen LogP contribution in [0.1, 0.15) is 47.8 Å². The molecule has 2 heterocycles. The number of imidazole rings is 1. The Morgan fingerprint density at radius 2 is 2.17 bits per heavy atom. The van der Waals surface area contributed by atoms with Gasteiger partial charge in [0.25, 0.3) is 0 Å². The minimum Gasteiger partial charge on any atom is -0.352 e. The molecule has 4 rings (SSSR count). The summed E-state index contributed by atoms with van der Waals surface area (Å²) in [4.78, 5) is 17.0. The first-order valence-electron chi connectivity index (χ1n) is 8.59. The maximum absolute atomic E-state index is 12.5. The molecule has 0 spiro atoms. The minimum atomic E-state index is 0.192. The van der Waals surface area contributed by atoms with Crippen molar-refractivity contribution in [1.82, 2.24) is 14.9 Å². The Morgan fingerprint density at radius 1 is 1.30 bits per heavy atom. The average Bonchev–Trinajstić information content (AvgIpc) is 3.10. The van der Waals surface area contributed by atoms with Crippen molar-refractivity contribution >= 4 is 5.91 Å². The van der Waals surface area contributed by atoms with Crippen molar-refractivity contribution in [2.24, 2.45) is 0 Å². The summed E-state index contributed by atoms with van der Waals surface area (Å²) in [6.07, 6.45) is 6.84. The van der Waals surface area contributed by atoms with E-state index >= 15 is 0 Å². The molecule has 1 aromatic carbocycles. The fourth-order valence-electron chi connectivity index (χ4n) is 4.07. The molecule has 2 atom stereocenters. The molecule has 1 aliphatic carbocycles. The summed E-state index contributed by atoms with van der Waals surface area (Å²) in [7, 11) is 0. The molecule has 4 nitrogen and oxygen atoms in total. The van der Waals surface area contributed by atoms with E-state index in [-0.39, 0.29) is 11.9 Å². The van der Waals surface area contributed by atoms with Crippen LogP contribution in [0.5, 0.6) is 0 Å². The lowest BCUT2D eigenvalue weighted by atomic mass is 9.97. The van der Waals surface area contributed by atoms with E-state index < -0.39 is 0 Å². The van der Waals surface area contributed by atoms with E-state index in [1.54, 1.807) is 0 Å². The second-order valence-electron chi connectivity index (χ2n) is 6.89. The van der Waals surface area contributed by atoms with Crippen molar-refractivity contribution in [3.8, 4) is 0 Å². The molecule has 1 aliphatic heterocycles. The molecule has 4 heteroatoms. The molecule has 0 saturated carbocycles. The van der Waals surface area contributed by atoms with Gasteiger partial charge in [0, 0.05) is 31.6 Å². The van der Waals surface area contributed by atoms with Gasteiger partial charge in [-0.25, -0.2) is 4.98 Å². The van der Waals surface area contributed by atoms with E-state index in [4.69, 9.17) is 0 Å². The zero-order chi connectivity index (χ0) is 15.8. The van der Waals surface area contributed by atoms with Crippen LogP contribution in [-0.2, 0) is 24.2 Å². The summed E-state index contributed by atoms with van der Waals surface area (Å²) < 4.78 is 2.19. The molecule has 1 aromatic heterocycles. The summed E-state index contributed by atoms with van der Waals surface area (Å²) in [5.74, 6) is 1.73. The minimum absolute atomic E-state index is 0.192. The number of nitrogens with one attached hydrogen (secondary N) is 1. The van der Waals surface area contributed by atoms with Gasteiger partial charge in [-0.15, -0.1) is 0 Å². The quantitative estimate of drug-likeness (QED) is 0.947. The lowest BCUT2D eigenvalue weighted by Crippen LogP contribution is -2.41. The molecule has 1 N–H and O–H groups in total. The Kier molecular flexibility index (Phi) is 3.68. The van der Waals surface area contributed by atoms with Gasteiger partial charge in [0.2, 0.25) is 5.91 Å². The molecule has 0 unspecified atom stereocenters. The predicted octanol–water partition coefficient (Wildman–Crippen LogP) is 2.74. The van der Waals surface area contributed by atoms with E-state index in [1.165, 1.54) is 11.1 Å². The van der Waals surface area contributed by atoms with Crippen LogP contribution in [-0.4, -0.2) is 21.5 Å². The Morgan fingerprint density at radius 3 is 3.09 bits per heavy atom. The molecule has 0 saturated heterocycles. The largest absolute Gasteiger partial charge is 0.352 e. The van der Waals surface area contributed by atoms with Gasteiger partial charge in [0.1, 0.15) is 5.82 Å². The molecular formula is C19H23N3O. The molecule has 1 amide bonds. The molecule has 0 fully saturated rings. The smallest absolute Gasteiger partial charge is 0.220 e. The number of hydrogen-bond acceptors (Lipinski definition) is 2. The van der Waals surface area contributed by atoms with Gasteiger partial charge < -0.3 is 9.88 Å². The first-order valence-corrected chi connectivity index (χ1v) is 8.59. The van der Waals surface area contributed by atoms with Crippen molar-refractivity contribution < 1.29 is 4.79 Å². The topological polar surface area (TPSA) is 46.9 Å². The number of rotatable bonds is 3. The number of fused-ring (bicyclic) bond motifs is 2. The van der Waals surface area contributed by atoms with Crippen molar-refractivity contribution in [1.29, 1.82) is 0 Å². The number of benzene rings is 1. The normalized spacial score (nSPS) is 22.5. The molecule has 0 radical (unpaired) electrons. The number of amides is 1. The second kappa shape index (κ2) is 5.84. The van der Waals surface area contributed by atoms with Crippen LogP contribution in [0.15, 0.2) is 30.5 Å². The SMILES string of the molecule is Cc1cn2c(n1)CC[C@H](NC(=O)C[C@@H]1CCc3ccccc31)C2. The van der Waals surface area contributed by atoms with Gasteiger partial charge in [-0.3, -0.25) is 4.79 Å². The first kappa shape index (κ1) is 14.5. The number of aromatic nitrogens is 2. The molecule has 2 aromatic rings. The molecule has 0 bridgehead atoms. The van der Waals surface area contributed by atoms with Gasteiger partial charge in [0.15, 0.2) is 0 Å². The monoisotopic (exact) mass is 309 g/mol. The van der Waals surface area contributed by atoms with Crippen LogP contribution in [0, 0.1) is 6.92 Å². The lowest BCUT2D eigenvalue weighted by Gasteiger charge is -2.25. The maximum atomic E-state index is 12.5. The number of carbonyl (C=O) groups excluding carboxylic acids is 1. The maximum Gasteiger partial charge on any atom is 0.220 e. The van der Waals surface area contributed by atoms with E-state index in [2.05, 4.69) is 45.3 Å². The molecule has 2 aliphatic rings. The van der Waals surface area contributed by atoms with Crippen LogP contribution in [0.2, 0.25) is 0 Å². The molecule has 120 valence electrons. The summed E-state index contributed by atoms with van der Waals surface area (Å²) in [6.45, 7) is 2.87. The van der Waals surface area contributed by atoms with Gasteiger partial charge in [0.05, 0.1) is 5.69 Å². The van der Waals surface area contributed by atoms with Gasteiger partial charge in [-0.1, -0.05) is 24.3 Å². The Balaban J connectivity index is 1.36. The lowest BCUT2D eigenvalue weighted by molar-refractivity contribution is -0.122. The third-order valence-corrected chi connectivity index (χ3v) is 5.17. The van der Waals surface area contributed by atoms with Crippen LogP contribution in [0.3, 0.4) is 0 Å². The zero-order valence-corrected chi connectivity index (χ0v) is 13.6. The predicted molar refractivity (Wildman–Crippen MR) is 89.3 cm³/mol. The Hall–Kier alpha value is -2.10.